The van der Waals surface area contributed by atoms with Gasteiger partial charge in [0.05, 0.1) is 46.5 Å². The molecule has 2 fully saturated rings. The summed E-state index contributed by atoms with van der Waals surface area (Å²) in [6, 6.07) is 28.8. The molecule has 13 nitrogen and oxygen atoms in total. The lowest BCUT2D eigenvalue weighted by atomic mass is 9.79. The summed E-state index contributed by atoms with van der Waals surface area (Å²) < 4.78 is 49.0. The van der Waals surface area contributed by atoms with E-state index in [2.05, 4.69) is 43.4 Å². The maximum absolute atomic E-state index is 13.3. The number of hydrogen-bond donors (Lipinski definition) is 1. The summed E-state index contributed by atoms with van der Waals surface area (Å²) >= 11 is 0. The highest BCUT2D eigenvalue weighted by molar-refractivity contribution is 7.44. The highest BCUT2D eigenvalue weighted by atomic mass is 31.2. The van der Waals surface area contributed by atoms with Gasteiger partial charge in [-0.05, 0) is 75.6 Å². The summed E-state index contributed by atoms with van der Waals surface area (Å²) in [5.74, 6) is 1.37. The first-order chi connectivity index (χ1) is 26.4. The number of nitrogens with zero attached hydrogens (tertiary/aromatic N) is 3. The van der Waals surface area contributed by atoms with Crippen LogP contribution in [0, 0.1) is 11.3 Å². The SMILES string of the molecule is COc1ccc(C(OCC23CO[C@H]([C@H](n4ccc(=O)[nH]c4=O)O2)[C@@]3(C)OP(OCCC#N)N(C(C)C)C(C)C)(c2ccccc2)c2ccc(OC)cc2)cc1. The van der Waals surface area contributed by atoms with E-state index < -0.39 is 48.9 Å². The van der Waals surface area contributed by atoms with Crippen molar-refractivity contribution in [2.24, 2.45) is 0 Å². The van der Waals surface area contributed by atoms with E-state index in [-0.39, 0.29) is 38.3 Å². The summed E-state index contributed by atoms with van der Waals surface area (Å²) in [5, 5.41) is 9.39. The molecular weight excluding hydrogens is 723 g/mol. The molecule has 1 N–H and O–H groups in total. The molecule has 2 bridgehead atoms. The van der Waals surface area contributed by atoms with E-state index in [9.17, 15) is 14.9 Å². The minimum absolute atomic E-state index is 0.0124. The molecule has 2 aliphatic heterocycles. The number of rotatable bonds is 17. The van der Waals surface area contributed by atoms with Crippen LogP contribution in [0.25, 0.3) is 0 Å². The second-order valence-corrected chi connectivity index (χ2v) is 15.7. The Morgan fingerprint density at radius 1 is 0.927 bits per heavy atom. The van der Waals surface area contributed by atoms with Crippen molar-refractivity contribution in [1.29, 1.82) is 5.26 Å². The van der Waals surface area contributed by atoms with Gasteiger partial charge in [-0.2, -0.15) is 5.26 Å². The largest absolute Gasteiger partial charge is 0.497 e. The van der Waals surface area contributed by atoms with Gasteiger partial charge in [0.15, 0.2) is 6.23 Å². The molecule has 2 aliphatic rings. The van der Waals surface area contributed by atoms with Gasteiger partial charge in [-0.15, -0.1) is 0 Å². The average molecular weight is 773 g/mol. The predicted molar refractivity (Wildman–Crippen MR) is 207 cm³/mol. The fourth-order valence-corrected chi connectivity index (χ4v) is 9.39. The summed E-state index contributed by atoms with van der Waals surface area (Å²) in [6.45, 7) is 10.3. The van der Waals surface area contributed by atoms with Crippen LogP contribution in [-0.2, 0) is 28.9 Å². The Morgan fingerprint density at radius 2 is 1.51 bits per heavy atom. The van der Waals surface area contributed by atoms with Crippen LogP contribution >= 0.6 is 8.53 Å². The molecule has 14 heteroatoms. The van der Waals surface area contributed by atoms with E-state index in [1.807, 2.05) is 85.8 Å². The third-order valence-electron chi connectivity index (χ3n) is 10.3. The van der Waals surface area contributed by atoms with Gasteiger partial charge in [0.25, 0.3) is 14.1 Å². The number of fused-ring (bicyclic) bond motifs is 2. The third-order valence-corrected chi connectivity index (χ3v) is 12.5. The number of aromatic nitrogens is 2. The van der Waals surface area contributed by atoms with Crippen molar-refractivity contribution in [3.8, 4) is 17.6 Å². The molecule has 0 saturated carbocycles. The molecule has 0 amide bonds. The van der Waals surface area contributed by atoms with Crippen LogP contribution in [0.2, 0.25) is 0 Å². The Labute approximate surface area is 322 Å². The Bertz CT molecular complexity index is 2000. The normalized spacial score (nSPS) is 22.6. The van der Waals surface area contributed by atoms with Crippen LogP contribution in [0.3, 0.4) is 0 Å². The first-order valence-corrected chi connectivity index (χ1v) is 19.4. The van der Waals surface area contributed by atoms with Gasteiger partial charge in [-0.1, -0.05) is 54.6 Å². The topological polar surface area (TPSA) is 147 Å². The molecule has 2 saturated heterocycles. The van der Waals surface area contributed by atoms with Crippen molar-refractivity contribution in [2.75, 3.05) is 34.0 Å². The maximum Gasteiger partial charge on any atom is 0.330 e. The van der Waals surface area contributed by atoms with Crippen LogP contribution in [0.4, 0.5) is 0 Å². The standard InChI is InChI=1S/C41H49N4O9P/c1-28(2)45(29(3)4)55(52-25-11-23-42)54-39(5)36-37(44-24-22-35(46)43-38(44)47)53-40(39,26-50-36)27-51-41(30-12-9-8-10-13-30,31-14-18-33(48-6)19-15-31)32-16-20-34(49-7)21-17-32/h8-10,12-22,24,28-29,36-37H,11,25-27H2,1-7H3,(H,43,46,47)/t36-,37-,39-,40?,55?/m1/s1. The molecule has 5 atom stereocenters. The maximum atomic E-state index is 13.3. The van der Waals surface area contributed by atoms with Gasteiger partial charge in [0.2, 0.25) is 0 Å². The third kappa shape index (κ3) is 7.61. The van der Waals surface area contributed by atoms with Gasteiger partial charge in [-0.3, -0.25) is 14.3 Å². The lowest BCUT2D eigenvalue weighted by Gasteiger charge is -2.44. The van der Waals surface area contributed by atoms with E-state index in [1.54, 1.807) is 14.2 Å². The number of nitriles is 1. The monoisotopic (exact) mass is 772 g/mol. The van der Waals surface area contributed by atoms with Gasteiger partial charge in [-0.25, -0.2) is 9.46 Å². The molecule has 3 heterocycles. The van der Waals surface area contributed by atoms with Crippen molar-refractivity contribution in [3.63, 3.8) is 0 Å². The summed E-state index contributed by atoms with van der Waals surface area (Å²) in [6.07, 6.45) is -0.262. The minimum Gasteiger partial charge on any atom is -0.497 e. The van der Waals surface area contributed by atoms with Gasteiger partial charge < -0.3 is 32.7 Å². The fraction of sp³-hybridized carbons (Fsp3) is 0.439. The fourth-order valence-electron chi connectivity index (χ4n) is 7.51. The minimum atomic E-state index is -1.81. The van der Waals surface area contributed by atoms with Gasteiger partial charge in [0, 0.05) is 24.3 Å². The van der Waals surface area contributed by atoms with Gasteiger partial charge in [0.1, 0.15) is 34.4 Å². The summed E-state index contributed by atoms with van der Waals surface area (Å²) in [7, 11) is 1.43. The average Bonchev–Trinajstić information content (AvgIpc) is 3.58. The molecule has 6 rings (SSSR count). The predicted octanol–water partition coefficient (Wildman–Crippen LogP) is 6.28. The first kappa shape index (κ1) is 40.3. The molecule has 0 aliphatic carbocycles. The van der Waals surface area contributed by atoms with Crippen molar-refractivity contribution in [1.82, 2.24) is 14.2 Å². The van der Waals surface area contributed by atoms with E-state index in [0.717, 1.165) is 16.7 Å². The number of benzene rings is 3. The Kier molecular flexibility index (Phi) is 12.3. The van der Waals surface area contributed by atoms with Crippen molar-refractivity contribution in [2.45, 2.75) is 82.3 Å². The zero-order valence-corrected chi connectivity index (χ0v) is 33.2. The van der Waals surface area contributed by atoms with Crippen LogP contribution in [0.5, 0.6) is 11.5 Å². The second-order valence-electron chi connectivity index (χ2n) is 14.3. The smallest absolute Gasteiger partial charge is 0.330 e. The number of hydrogen-bond acceptors (Lipinski definition) is 11. The van der Waals surface area contributed by atoms with Crippen molar-refractivity contribution < 1.29 is 32.7 Å². The lowest BCUT2D eigenvalue weighted by Crippen LogP contribution is -2.56. The molecule has 4 aromatic rings. The zero-order valence-electron chi connectivity index (χ0n) is 32.3. The number of ether oxygens (including phenoxy) is 5. The highest BCUT2D eigenvalue weighted by Crippen LogP contribution is 2.61. The molecule has 1 aromatic heterocycles. The van der Waals surface area contributed by atoms with Crippen LogP contribution in [0.15, 0.2) is 101 Å². The summed E-state index contributed by atoms with van der Waals surface area (Å²) in [5.41, 5.74) is -2.52. The summed E-state index contributed by atoms with van der Waals surface area (Å²) in [4.78, 5) is 27.8. The molecule has 3 aromatic carbocycles. The van der Waals surface area contributed by atoms with E-state index in [1.165, 1.54) is 16.8 Å². The Balaban J connectivity index is 1.52. The van der Waals surface area contributed by atoms with Crippen LogP contribution in [0.1, 0.15) is 64.0 Å². The van der Waals surface area contributed by atoms with Gasteiger partial charge >= 0.3 is 5.69 Å². The van der Waals surface area contributed by atoms with Crippen LogP contribution in [-0.4, -0.2) is 77.7 Å². The number of H-pyrrole nitrogens is 1. The highest BCUT2D eigenvalue weighted by Gasteiger charge is 2.72. The zero-order chi connectivity index (χ0) is 39.4. The Hall–Kier alpha value is -4.38. The molecule has 55 heavy (non-hydrogen) atoms. The molecule has 292 valence electrons. The van der Waals surface area contributed by atoms with E-state index in [4.69, 9.17) is 32.7 Å². The molecule has 2 unspecified atom stereocenters. The lowest BCUT2D eigenvalue weighted by molar-refractivity contribution is -0.208. The number of aromatic amines is 1. The second kappa shape index (κ2) is 16.8. The Morgan fingerprint density at radius 3 is 2.04 bits per heavy atom. The number of methoxy groups -OCH3 is 2. The van der Waals surface area contributed by atoms with E-state index in [0.29, 0.717) is 11.5 Å². The molecule has 0 radical (unpaired) electrons. The first-order valence-electron chi connectivity index (χ1n) is 18.3. The van der Waals surface area contributed by atoms with E-state index >= 15 is 0 Å². The van der Waals surface area contributed by atoms with Crippen LogP contribution < -0.4 is 20.7 Å². The molecular formula is C41H49N4O9P. The number of nitrogens with one attached hydrogen (secondary N) is 1. The van der Waals surface area contributed by atoms with Crippen molar-refractivity contribution >= 4 is 8.53 Å². The van der Waals surface area contributed by atoms with Crippen molar-refractivity contribution in [3.05, 3.63) is 129 Å². The quantitative estimate of drug-likeness (QED) is 0.0735. The molecule has 0 spiro atoms.